The second-order valence-corrected chi connectivity index (χ2v) is 18.1. The molecule has 7 aliphatic rings. The second-order valence-electron chi connectivity index (χ2n) is 18.1. The van der Waals surface area contributed by atoms with Crippen LogP contribution in [-0.4, -0.2) is 21.2 Å². The Bertz CT molecular complexity index is 3080. The third kappa shape index (κ3) is 5.60. The summed E-state index contributed by atoms with van der Waals surface area (Å²) < 4.78 is 5.10. The Morgan fingerprint density at radius 3 is 2.30 bits per heavy atom. The van der Waals surface area contributed by atoms with Crippen molar-refractivity contribution in [2.75, 3.05) is 4.90 Å². The molecular weight excluding hydrogens is 743 g/mol. The van der Waals surface area contributed by atoms with Crippen LogP contribution >= 0.6 is 0 Å². The molecular formula is C56H51N5. The first-order valence-corrected chi connectivity index (χ1v) is 22.9. The highest BCUT2D eigenvalue weighted by Gasteiger charge is 2.42. The predicted octanol–water partition coefficient (Wildman–Crippen LogP) is 13.0. The largest absolute Gasteiger partial charge is 0.315 e. The van der Waals surface area contributed by atoms with Gasteiger partial charge in [0.05, 0.1) is 22.6 Å². The molecule has 0 radical (unpaired) electrons. The SMILES string of the molecule is C1=CC(N2C3=CC=C(C4NC(n5c6c(c7ccccc75)C=C(c5ccc7c(c5)c5ccccc5n7C5=CCCC=C5)CC6)NC5CCCC=C54)CC3c3ccccc32)=CCC1. The zero-order valence-electron chi connectivity index (χ0n) is 34.7. The van der Waals surface area contributed by atoms with E-state index in [1.54, 1.807) is 0 Å². The number of nitrogens with one attached hydrogen (secondary N) is 2. The Hall–Kier alpha value is -6.14. The molecule has 4 unspecified atom stereocenters. The van der Waals surface area contributed by atoms with Crippen molar-refractivity contribution in [1.82, 2.24) is 19.8 Å². The van der Waals surface area contributed by atoms with Gasteiger partial charge in [-0.1, -0.05) is 97.1 Å². The number of nitrogens with zero attached hydrogens (tertiary/aromatic N) is 3. The quantitative estimate of drug-likeness (QED) is 0.171. The van der Waals surface area contributed by atoms with Crippen molar-refractivity contribution in [3.8, 4) is 0 Å². The van der Waals surface area contributed by atoms with E-state index in [1.807, 2.05) is 0 Å². The van der Waals surface area contributed by atoms with Crippen LogP contribution in [0.1, 0.15) is 92.4 Å². The maximum atomic E-state index is 4.27. The minimum atomic E-state index is -0.0179. The van der Waals surface area contributed by atoms with Gasteiger partial charge >= 0.3 is 0 Å². The van der Waals surface area contributed by atoms with Crippen LogP contribution in [0.3, 0.4) is 0 Å². The molecule has 13 rings (SSSR count). The molecule has 2 aliphatic heterocycles. The standard InChI is InChI=1S/C56H51N5/c1-3-15-39(16-4-1)59-49-24-12-8-19-41(49)45-33-36(27-30-52(45)59)37-28-31-54-46(34-37)43-21-10-14-26-51(43)61(54)56-57-48-23-11-7-22-44(48)55(58-56)38-29-32-53-47(35-38)42-20-9-13-25-50(42)60(53)40-17-5-2-6-18-40/h3,5,8-10,12-22,24-27,29-30,32-34,47-48,55-58H,1-2,4,6-7,11,23,28,31,35H2. The molecule has 2 N–H and O–H groups in total. The number of hydrogen-bond acceptors (Lipinski definition) is 3. The van der Waals surface area contributed by atoms with Crippen LogP contribution in [0, 0.1) is 0 Å². The fraction of sp³-hybridized carbons (Fsp3) is 0.250. The van der Waals surface area contributed by atoms with E-state index in [0.29, 0.717) is 12.0 Å². The maximum Gasteiger partial charge on any atom is 0.140 e. The van der Waals surface area contributed by atoms with Crippen molar-refractivity contribution >= 4 is 55.7 Å². The molecule has 0 spiro atoms. The van der Waals surface area contributed by atoms with Gasteiger partial charge in [-0.15, -0.1) is 0 Å². The van der Waals surface area contributed by atoms with Crippen molar-refractivity contribution in [2.24, 2.45) is 0 Å². The van der Waals surface area contributed by atoms with E-state index in [9.17, 15) is 0 Å². The molecule has 4 heterocycles. The first-order chi connectivity index (χ1) is 30.3. The molecule has 2 aromatic heterocycles. The molecule has 6 aromatic rings. The third-order valence-corrected chi connectivity index (χ3v) is 14.7. The first kappa shape index (κ1) is 35.6. The summed E-state index contributed by atoms with van der Waals surface area (Å²) in [5.74, 6) is 0.353. The van der Waals surface area contributed by atoms with Crippen molar-refractivity contribution in [3.63, 3.8) is 0 Å². The summed E-state index contributed by atoms with van der Waals surface area (Å²) in [5.41, 5.74) is 19.3. The Labute approximate surface area is 358 Å². The van der Waals surface area contributed by atoms with E-state index < -0.39 is 0 Å². The van der Waals surface area contributed by atoms with E-state index >= 15 is 0 Å². The topological polar surface area (TPSA) is 37.2 Å². The van der Waals surface area contributed by atoms with Crippen molar-refractivity contribution < 1.29 is 0 Å². The zero-order chi connectivity index (χ0) is 40.0. The Morgan fingerprint density at radius 2 is 1.43 bits per heavy atom. The van der Waals surface area contributed by atoms with Crippen LogP contribution in [0.2, 0.25) is 0 Å². The monoisotopic (exact) mass is 793 g/mol. The van der Waals surface area contributed by atoms with Gasteiger partial charge in [0.1, 0.15) is 6.29 Å². The Morgan fingerprint density at radius 1 is 0.639 bits per heavy atom. The predicted molar refractivity (Wildman–Crippen MR) is 254 cm³/mol. The molecule has 0 saturated carbocycles. The molecule has 1 fully saturated rings. The second kappa shape index (κ2) is 14.2. The van der Waals surface area contributed by atoms with Gasteiger partial charge in [-0.2, -0.15) is 0 Å². The summed E-state index contributed by atoms with van der Waals surface area (Å²) in [6.07, 6.45) is 35.1. The molecule has 5 nitrogen and oxygen atoms in total. The number of benzene rings is 4. The van der Waals surface area contributed by atoms with Crippen molar-refractivity contribution in [2.45, 2.75) is 88.5 Å². The van der Waals surface area contributed by atoms with Crippen LogP contribution < -0.4 is 15.5 Å². The number of aromatic nitrogens is 2. The minimum absolute atomic E-state index is 0.0179. The van der Waals surface area contributed by atoms with E-state index in [4.69, 9.17) is 0 Å². The van der Waals surface area contributed by atoms with Gasteiger partial charge in [-0.05, 0) is 147 Å². The van der Waals surface area contributed by atoms with Gasteiger partial charge in [0, 0.05) is 62.2 Å². The molecule has 0 bridgehead atoms. The highest BCUT2D eigenvalue weighted by Crippen LogP contribution is 2.52. The Balaban J connectivity index is 0.878. The molecule has 1 saturated heterocycles. The normalized spacial score (nSPS) is 24.4. The maximum absolute atomic E-state index is 4.27. The van der Waals surface area contributed by atoms with Gasteiger partial charge in [0.15, 0.2) is 0 Å². The van der Waals surface area contributed by atoms with Gasteiger partial charge in [-0.3, -0.25) is 10.6 Å². The highest BCUT2D eigenvalue weighted by molar-refractivity contribution is 6.11. The Kier molecular flexibility index (Phi) is 8.30. The number of hydrogen-bond donors (Lipinski definition) is 2. The molecule has 5 heteroatoms. The third-order valence-electron chi connectivity index (χ3n) is 14.7. The first-order valence-electron chi connectivity index (χ1n) is 22.9. The lowest BCUT2D eigenvalue weighted by Gasteiger charge is -2.44. The van der Waals surface area contributed by atoms with Gasteiger partial charge in [-0.25, -0.2) is 0 Å². The molecule has 61 heavy (non-hydrogen) atoms. The summed E-state index contributed by atoms with van der Waals surface area (Å²) in [6.45, 7) is 0. The lowest BCUT2D eigenvalue weighted by Crippen LogP contribution is -2.58. The van der Waals surface area contributed by atoms with E-state index in [0.717, 1.165) is 51.4 Å². The average Bonchev–Trinajstić information content (AvgIpc) is 3.97. The number of anilines is 1. The number of para-hydroxylation sites is 3. The lowest BCUT2D eigenvalue weighted by molar-refractivity contribution is 0.236. The zero-order valence-corrected chi connectivity index (χ0v) is 34.7. The van der Waals surface area contributed by atoms with Crippen molar-refractivity contribution in [1.29, 1.82) is 0 Å². The molecule has 5 aliphatic carbocycles. The van der Waals surface area contributed by atoms with E-state index in [-0.39, 0.29) is 12.3 Å². The van der Waals surface area contributed by atoms with Crippen LogP contribution in [0.4, 0.5) is 5.69 Å². The summed E-state index contributed by atoms with van der Waals surface area (Å²) >= 11 is 0. The number of rotatable bonds is 5. The lowest BCUT2D eigenvalue weighted by atomic mass is 9.78. The number of allylic oxidation sites excluding steroid dienone is 12. The summed E-state index contributed by atoms with van der Waals surface area (Å²) in [5, 5.41) is 12.4. The molecule has 4 atom stereocenters. The van der Waals surface area contributed by atoms with E-state index in [1.165, 1.54) is 107 Å². The summed E-state index contributed by atoms with van der Waals surface area (Å²) in [7, 11) is 0. The van der Waals surface area contributed by atoms with Crippen LogP contribution in [0.25, 0.3) is 50.1 Å². The average molecular weight is 794 g/mol. The minimum Gasteiger partial charge on any atom is -0.315 e. The van der Waals surface area contributed by atoms with Crippen LogP contribution in [-0.2, 0) is 6.42 Å². The highest BCUT2D eigenvalue weighted by atomic mass is 15.4. The summed E-state index contributed by atoms with van der Waals surface area (Å²) in [6, 6.07) is 34.9. The van der Waals surface area contributed by atoms with Gasteiger partial charge in [0.2, 0.25) is 0 Å². The molecule has 0 amide bonds. The fourth-order valence-corrected chi connectivity index (χ4v) is 12.0. The number of fused-ring (bicyclic) bond motifs is 10. The van der Waals surface area contributed by atoms with Gasteiger partial charge in [0.25, 0.3) is 0 Å². The molecule has 300 valence electrons. The van der Waals surface area contributed by atoms with Crippen LogP contribution in [0.5, 0.6) is 0 Å². The smallest absolute Gasteiger partial charge is 0.140 e. The van der Waals surface area contributed by atoms with Crippen molar-refractivity contribution in [3.05, 3.63) is 191 Å². The fourth-order valence-electron chi connectivity index (χ4n) is 12.0. The van der Waals surface area contributed by atoms with Crippen LogP contribution in [0.15, 0.2) is 168 Å². The molecule has 4 aromatic carbocycles. The van der Waals surface area contributed by atoms with Gasteiger partial charge < -0.3 is 14.0 Å². The summed E-state index contributed by atoms with van der Waals surface area (Å²) in [4.78, 5) is 2.54. The van der Waals surface area contributed by atoms with E-state index in [2.05, 4.69) is 176 Å².